The predicted molar refractivity (Wildman–Crippen MR) is 94.7 cm³/mol. The Kier molecular flexibility index (Phi) is 5.14. The summed E-state index contributed by atoms with van der Waals surface area (Å²) in [6.45, 7) is 1.62. The van der Waals surface area contributed by atoms with Gasteiger partial charge in [-0.15, -0.1) is 0 Å². The van der Waals surface area contributed by atoms with Gasteiger partial charge in [0, 0.05) is 5.69 Å². The van der Waals surface area contributed by atoms with Crippen molar-refractivity contribution in [3.8, 4) is 0 Å². The second-order valence-electron chi connectivity index (χ2n) is 6.47. The largest absolute Gasteiger partial charge is 0.452 e. The van der Waals surface area contributed by atoms with Crippen LogP contribution in [0.1, 0.15) is 39.0 Å². The van der Waals surface area contributed by atoms with Gasteiger partial charge in [0.05, 0.1) is 5.92 Å². The maximum atomic E-state index is 12.3. The van der Waals surface area contributed by atoms with Crippen LogP contribution >= 0.6 is 0 Å². The summed E-state index contributed by atoms with van der Waals surface area (Å²) >= 11 is 0. The molecule has 1 saturated carbocycles. The number of benzene rings is 2. The zero-order chi connectivity index (χ0) is 16.9. The molecule has 2 aromatic rings. The lowest BCUT2D eigenvalue weighted by Gasteiger charge is -2.22. The molecule has 4 heteroatoms. The quantitative estimate of drug-likeness (QED) is 0.853. The van der Waals surface area contributed by atoms with Gasteiger partial charge in [0.25, 0.3) is 5.91 Å². The highest BCUT2D eigenvalue weighted by molar-refractivity contribution is 5.97. The third kappa shape index (κ3) is 3.94. The van der Waals surface area contributed by atoms with Crippen LogP contribution in [0.15, 0.2) is 42.5 Å². The lowest BCUT2D eigenvalue weighted by molar-refractivity contribution is -0.158. The van der Waals surface area contributed by atoms with Gasteiger partial charge in [0.15, 0.2) is 6.10 Å². The topological polar surface area (TPSA) is 55.4 Å². The number of rotatable bonds is 4. The fourth-order valence-electron chi connectivity index (χ4n) is 3.17. The van der Waals surface area contributed by atoms with Crippen LogP contribution < -0.4 is 5.32 Å². The van der Waals surface area contributed by atoms with Crippen molar-refractivity contribution in [2.45, 2.75) is 45.1 Å². The Hall–Kier alpha value is -2.36. The van der Waals surface area contributed by atoms with Gasteiger partial charge < -0.3 is 10.1 Å². The normalized spacial score (nSPS) is 16.5. The van der Waals surface area contributed by atoms with Crippen LogP contribution in [0, 0.1) is 5.92 Å². The second kappa shape index (κ2) is 7.47. The van der Waals surface area contributed by atoms with Crippen LogP contribution in [-0.4, -0.2) is 18.0 Å². The van der Waals surface area contributed by atoms with Gasteiger partial charge in [-0.1, -0.05) is 49.6 Å². The van der Waals surface area contributed by atoms with E-state index in [9.17, 15) is 9.59 Å². The summed E-state index contributed by atoms with van der Waals surface area (Å²) < 4.78 is 5.36. The maximum Gasteiger partial charge on any atom is 0.309 e. The molecule has 3 rings (SSSR count). The number of hydrogen-bond acceptors (Lipinski definition) is 3. The van der Waals surface area contributed by atoms with Crippen molar-refractivity contribution in [1.82, 2.24) is 0 Å². The average molecular weight is 325 g/mol. The molecule has 1 unspecified atom stereocenters. The molecule has 24 heavy (non-hydrogen) atoms. The van der Waals surface area contributed by atoms with Crippen LogP contribution in [0.3, 0.4) is 0 Å². The van der Waals surface area contributed by atoms with Gasteiger partial charge in [-0.2, -0.15) is 0 Å². The zero-order valence-electron chi connectivity index (χ0n) is 14.0. The van der Waals surface area contributed by atoms with E-state index in [2.05, 4.69) is 5.32 Å². The molecule has 0 aromatic heterocycles. The Morgan fingerprint density at radius 2 is 1.75 bits per heavy atom. The third-order valence-electron chi connectivity index (χ3n) is 4.62. The first kappa shape index (κ1) is 16.5. The van der Waals surface area contributed by atoms with Crippen LogP contribution in [0.5, 0.6) is 0 Å². The molecule has 1 amide bonds. The lowest BCUT2D eigenvalue weighted by Crippen LogP contribution is -2.32. The van der Waals surface area contributed by atoms with Crippen LogP contribution in [-0.2, 0) is 14.3 Å². The molecule has 0 saturated heterocycles. The summed E-state index contributed by atoms with van der Waals surface area (Å²) in [5.74, 6) is -0.583. The van der Waals surface area contributed by atoms with E-state index in [1.807, 2.05) is 42.5 Å². The van der Waals surface area contributed by atoms with Crippen molar-refractivity contribution in [2.24, 2.45) is 5.92 Å². The molecule has 0 radical (unpaired) electrons. The van der Waals surface area contributed by atoms with E-state index in [4.69, 9.17) is 4.74 Å². The summed E-state index contributed by atoms with van der Waals surface area (Å²) in [5, 5.41) is 5.00. The molecule has 1 aliphatic carbocycles. The first-order valence-electron chi connectivity index (χ1n) is 8.63. The number of anilines is 1. The summed E-state index contributed by atoms with van der Waals surface area (Å²) in [7, 11) is 0. The monoisotopic (exact) mass is 325 g/mol. The lowest BCUT2D eigenvalue weighted by atomic mass is 9.89. The Morgan fingerprint density at radius 1 is 1.04 bits per heavy atom. The van der Waals surface area contributed by atoms with Crippen molar-refractivity contribution in [2.75, 3.05) is 5.32 Å². The molecule has 1 aliphatic rings. The second-order valence-corrected chi connectivity index (χ2v) is 6.47. The molecular formula is C20H23NO3. The Bertz CT molecular complexity index is 734. The van der Waals surface area contributed by atoms with Crippen molar-refractivity contribution in [3.63, 3.8) is 0 Å². The predicted octanol–water partition coefficient (Wildman–Crippen LogP) is 4.29. The van der Waals surface area contributed by atoms with Crippen molar-refractivity contribution in [1.29, 1.82) is 0 Å². The van der Waals surface area contributed by atoms with Gasteiger partial charge in [0.2, 0.25) is 0 Å². The highest BCUT2D eigenvalue weighted by Crippen LogP contribution is 2.25. The maximum absolute atomic E-state index is 12.3. The third-order valence-corrected chi connectivity index (χ3v) is 4.62. The number of carbonyl (C=O) groups excluding carboxylic acids is 2. The van der Waals surface area contributed by atoms with E-state index in [1.54, 1.807) is 6.92 Å². The number of fused-ring (bicyclic) bond motifs is 1. The van der Waals surface area contributed by atoms with E-state index in [0.29, 0.717) is 5.69 Å². The van der Waals surface area contributed by atoms with Crippen molar-refractivity contribution < 1.29 is 14.3 Å². The van der Waals surface area contributed by atoms with E-state index in [0.717, 1.165) is 36.5 Å². The highest BCUT2D eigenvalue weighted by atomic mass is 16.5. The molecule has 2 aromatic carbocycles. The molecule has 0 bridgehead atoms. The molecule has 1 N–H and O–H groups in total. The number of esters is 1. The number of carbonyl (C=O) groups is 2. The number of amides is 1. The van der Waals surface area contributed by atoms with Crippen LogP contribution in [0.2, 0.25) is 0 Å². The number of nitrogens with one attached hydrogen (secondary N) is 1. The molecule has 1 atom stereocenters. The molecular weight excluding hydrogens is 302 g/mol. The number of ether oxygens (including phenoxy) is 1. The molecule has 0 heterocycles. The van der Waals surface area contributed by atoms with Crippen LogP contribution in [0.25, 0.3) is 10.8 Å². The Balaban J connectivity index is 1.59. The van der Waals surface area contributed by atoms with Crippen molar-refractivity contribution in [3.05, 3.63) is 42.5 Å². The molecule has 126 valence electrons. The molecule has 4 nitrogen and oxygen atoms in total. The Morgan fingerprint density at radius 3 is 2.50 bits per heavy atom. The SMILES string of the molecule is CC(OC(=O)C1CCCCC1)C(=O)Nc1ccc2ccccc2c1. The zero-order valence-corrected chi connectivity index (χ0v) is 14.0. The van der Waals surface area contributed by atoms with Crippen molar-refractivity contribution >= 4 is 28.3 Å². The first-order valence-corrected chi connectivity index (χ1v) is 8.63. The summed E-state index contributed by atoms with van der Waals surface area (Å²) in [4.78, 5) is 24.4. The minimum atomic E-state index is -0.786. The standard InChI is InChI=1S/C20H23NO3/c1-14(24-20(23)16-8-3-2-4-9-16)19(22)21-18-12-11-15-7-5-6-10-17(15)13-18/h5-7,10-14,16H,2-4,8-9H2,1H3,(H,21,22). The fraction of sp³-hybridized carbons (Fsp3) is 0.400. The van der Waals surface area contributed by atoms with E-state index in [1.165, 1.54) is 6.42 Å². The summed E-state index contributed by atoms with van der Waals surface area (Å²) in [6, 6.07) is 13.7. The van der Waals surface area contributed by atoms with Gasteiger partial charge >= 0.3 is 5.97 Å². The first-order chi connectivity index (χ1) is 11.6. The van der Waals surface area contributed by atoms with Gasteiger partial charge in [-0.05, 0) is 42.7 Å². The summed E-state index contributed by atoms with van der Waals surface area (Å²) in [5.41, 5.74) is 0.708. The van der Waals surface area contributed by atoms with E-state index >= 15 is 0 Å². The Labute approximate surface area is 142 Å². The van der Waals surface area contributed by atoms with Gasteiger partial charge in [0.1, 0.15) is 0 Å². The molecule has 0 spiro atoms. The van der Waals surface area contributed by atoms with Gasteiger partial charge in [-0.3, -0.25) is 9.59 Å². The average Bonchev–Trinajstić information content (AvgIpc) is 2.62. The summed E-state index contributed by atoms with van der Waals surface area (Å²) in [6.07, 6.45) is 4.28. The number of hydrogen-bond donors (Lipinski definition) is 1. The molecule has 0 aliphatic heterocycles. The van der Waals surface area contributed by atoms with E-state index < -0.39 is 6.10 Å². The smallest absolute Gasteiger partial charge is 0.309 e. The highest BCUT2D eigenvalue weighted by Gasteiger charge is 2.26. The fourth-order valence-corrected chi connectivity index (χ4v) is 3.17. The minimum Gasteiger partial charge on any atom is -0.452 e. The molecule has 1 fully saturated rings. The minimum absolute atomic E-state index is 0.0466. The van der Waals surface area contributed by atoms with E-state index in [-0.39, 0.29) is 17.8 Å². The van der Waals surface area contributed by atoms with Crippen LogP contribution in [0.4, 0.5) is 5.69 Å². The van der Waals surface area contributed by atoms with Gasteiger partial charge in [-0.25, -0.2) is 0 Å².